The van der Waals surface area contributed by atoms with Crippen LogP contribution < -0.4 is 5.32 Å². The summed E-state index contributed by atoms with van der Waals surface area (Å²) in [5, 5.41) is 11.5. The predicted octanol–water partition coefficient (Wildman–Crippen LogP) is -0.241. The molecule has 0 aliphatic rings. The van der Waals surface area contributed by atoms with Crippen LogP contribution in [0.5, 0.6) is 0 Å². The lowest BCUT2D eigenvalue weighted by Crippen LogP contribution is -2.49. The Hall–Kier alpha value is -1.14. The number of hydrogen-bond donors (Lipinski definition) is 2. The highest BCUT2D eigenvalue weighted by molar-refractivity contribution is 5.83. The molecule has 18 heavy (non-hydrogen) atoms. The van der Waals surface area contributed by atoms with Crippen LogP contribution in [-0.4, -0.2) is 61.3 Å². The molecule has 0 aromatic carbocycles. The standard InChI is InChI=1S/C12H24N2O4/c1-4-5-6-14(7-8-15)9-11(12(17)18-3)13-10(2)16/h11,15H,4-9H2,1-3H3,(H,13,16). The lowest BCUT2D eigenvalue weighted by molar-refractivity contribution is -0.145. The molecule has 0 aromatic heterocycles. The molecule has 6 nitrogen and oxygen atoms in total. The van der Waals surface area contributed by atoms with Gasteiger partial charge in [-0.2, -0.15) is 0 Å². The van der Waals surface area contributed by atoms with Gasteiger partial charge in [-0.15, -0.1) is 0 Å². The Balaban J connectivity index is 4.46. The predicted molar refractivity (Wildman–Crippen MR) is 68.1 cm³/mol. The number of nitrogens with zero attached hydrogens (tertiary/aromatic N) is 1. The number of ether oxygens (including phenoxy) is 1. The highest BCUT2D eigenvalue weighted by Gasteiger charge is 2.22. The maximum absolute atomic E-state index is 11.5. The largest absolute Gasteiger partial charge is 0.467 e. The molecule has 0 saturated heterocycles. The van der Waals surface area contributed by atoms with Crippen molar-refractivity contribution in [3.05, 3.63) is 0 Å². The molecule has 0 heterocycles. The first-order chi connectivity index (χ1) is 8.54. The van der Waals surface area contributed by atoms with Crippen LogP contribution in [0.1, 0.15) is 26.7 Å². The topological polar surface area (TPSA) is 78.9 Å². The van der Waals surface area contributed by atoms with Crippen LogP contribution in [0.3, 0.4) is 0 Å². The van der Waals surface area contributed by atoms with Gasteiger partial charge in [0.1, 0.15) is 6.04 Å². The number of hydrogen-bond acceptors (Lipinski definition) is 5. The van der Waals surface area contributed by atoms with Gasteiger partial charge in [-0.05, 0) is 13.0 Å². The summed E-state index contributed by atoms with van der Waals surface area (Å²) in [6, 6.07) is -0.684. The summed E-state index contributed by atoms with van der Waals surface area (Å²) in [5.41, 5.74) is 0. The van der Waals surface area contributed by atoms with Gasteiger partial charge in [-0.1, -0.05) is 13.3 Å². The average Bonchev–Trinajstić information content (AvgIpc) is 2.33. The second-order valence-electron chi connectivity index (χ2n) is 4.15. The smallest absolute Gasteiger partial charge is 0.329 e. The monoisotopic (exact) mass is 260 g/mol. The summed E-state index contributed by atoms with van der Waals surface area (Å²) in [4.78, 5) is 24.5. The van der Waals surface area contributed by atoms with Crippen LogP contribution in [0.25, 0.3) is 0 Å². The van der Waals surface area contributed by atoms with Gasteiger partial charge >= 0.3 is 5.97 Å². The van der Waals surface area contributed by atoms with Gasteiger partial charge in [0.15, 0.2) is 0 Å². The number of carbonyl (C=O) groups excluding carboxylic acids is 2. The third kappa shape index (κ3) is 7.24. The molecule has 0 aromatic rings. The Kier molecular flexibility index (Phi) is 9.22. The Morgan fingerprint density at radius 3 is 2.50 bits per heavy atom. The Morgan fingerprint density at radius 1 is 1.39 bits per heavy atom. The lowest BCUT2D eigenvalue weighted by Gasteiger charge is -2.25. The lowest BCUT2D eigenvalue weighted by atomic mass is 10.2. The van der Waals surface area contributed by atoms with E-state index in [1.54, 1.807) is 0 Å². The van der Waals surface area contributed by atoms with E-state index in [1.807, 2.05) is 4.90 Å². The molecule has 0 radical (unpaired) electrons. The molecule has 1 amide bonds. The van der Waals surface area contributed by atoms with E-state index in [4.69, 9.17) is 5.11 Å². The van der Waals surface area contributed by atoms with Gasteiger partial charge in [0.2, 0.25) is 5.91 Å². The summed E-state index contributed by atoms with van der Waals surface area (Å²) >= 11 is 0. The van der Waals surface area contributed by atoms with Crippen LogP contribution in [0.4, 0.5) is 0 Å². The van der Waals surface area contributed by atoms with Crippen molar-refractivity contribution in [3.63, 3.8) is 0 Å². The molecule has 1 unspecified atom stereocenters. The molecule has 0 rings (SSSR count). The number of carbonyl (C=O) groups is 2. The Morgan fingerprint density at radius 2 is 2.06 bits per heavy atom. The first-order valence-corrected chi connectivity index (χ1v) is 6.23. The van der Waals surface area contributed by atoms with Crippen LogP contribution >= 0.6 is 0 Å². The van der Waals surface area contributed by atoms with Crippen molar-refractivity contribution in [2.75, 3.05) is 33.4 Å². The number of rotatable bonds is 9. The zero-order valence-corrected chi connectivity index (χ0v) is 11.4. The van der Waals surface area contributed by atoms with Crippen molar-refractivity contribution in [1.29, 1.82) is 0 Å². The van der Waals surface area contributed by atoms with E-state index in [0.29, 0.717) is 13.1 Å². The Labute approximate surface area is 108 Å². The normalized spacial score (nSPS) is 12.3. The molecule has 6 heteroatoms. The van der Waals surface area contributed by atoms with Crippen LogP contribution in [-0.2, 0) is 14.3 Å². The van der Waals surface area contributed by atoms with Crippen LogP contribution in [0.2, 0.25) is 0 Å². The van der Waals surface area contributed by atoms with Crippen molar-refractivity contribution < 1.29 is 19.4 Å². The van der Waals surface area contributed by atoms with E-state index < -0.39 is 12.0 Å². The molecule has 0 spiro atoms. The van der Waals surface area contributed by atoms with E-state index in [-0.39, 0.29) is 12.5 Å². The van der Waals surface area contributed by atoms with Gasteiger partial charge in [0, 0.05) is 20.0 Å². The Bertz CT molecular complexity index is 258. The fourth-order valence-electron chi connectivity index (χ4n) is 1.64. The third-order valence-corrected chi connectivity index (χ3v) is 2.55. The number of amides is 1. The zero-order valence-electron chi connectivity index (χ0n) is 11.4. The summed E-state index contributed by atoms with van der Waals surface area (Å²) in [5.74, 6) is -0.741. The molecular weight excluding hydrogens is 236 g/mol. The molecule has 106 valence electrons. The van der Waals surface area contributed by atoms with Gasteiger partial charge in [0.05, 0.1) is 13.7 Å². The maximum Gasteiger partial charge on any atom is 0.329 e. The maximum atomic E-state index is 11.5. The van der Waals surface area contributed by atoms with Crippen LogP contribution in [0.15, 0.2) is 0 Å². The third-order valence-electron chi connectivity index (χ3n) is 2.55. The molecule has 0 saturated carbocycles. The van der Waals surface area contributed by atoms with Crippen molar-refractivity contribution in [3.8, 4) is 0 Å². The first-order valence-electron chi connectivity index (χ1n) is 6.23. The van der Waals surface area contributed by atoms with E-state index in [9.17, 15) is 9.59 Å². The molecule has 0 aliphatic carbocycles. The fourth-order valence-corrected chi connectivity index (χ4v) is 1.64. The van der Waals surface area contributed by atoms with E-state index in [1.165, 1.54) is 14.0 Å². The van der Waals surface area contributed by atoms with E-state index in [0.717, 1.165) is 19.4 Å². The van der Waals surface area contributed by atoms with Crippen molar-refractivity contribution in [2.45, 2.75) is 32.7 Å². The minimum Gasteiger partial charge on any atom is -0.467 e. The minimum atomic E-state index is -0.684. The highest BCUT2D eigenvalue weighted by atomic mass is 16.5. The minimum absolute atomic E-state index is 0.0255. The number of esters is 1. The number of unbranched alkanes of at least 4 members (excludes halogenated alkanes) is 1. The molecule has 2 N–H and O–H groups in total. The molecule has 0 fully saturated rings. The number of aliphatic hydroxyl groups excluding tert-OH is 1. The van der Waals surface area contributed by atoms with Crippen molar-refractivity contribution in [1.82, 2.24) is 10.2 Å². The van der Waals surface area contributed by atoms with Crippen LogP contribution in [0, 0.1) is 0 Å². The molecule has 1 atom stereocenters. The quantitative estimate of drug-likeness (QED) is 0.559. The average molecular weight is 260 g/mol. The molecule has 0 bridgehead atoms. The highest BCUT2D eigenvalue weighted by Crippen LogP contribution is 1.99. The molecule has 0 aliphatic heterocycles. The van der Waals surface area contributed by atoms with Crippen molar-refractivity contribution >= 4 is 11.9 Å². The van der Waals surface area contributed by atoms with Crippen molar-refractivity contribution in [2.24, 2.45) is 0 Å². The molecular formula is C12H24N2O4. The van der Waals surface area contributed by atoms with Gasteiger partial charge < -0.3 is 15.2 Å². The van der Waals surface area contributed by atoms with E-state index >= 15 is 0 Å². The van der Waals surface area contributed by atoms with Gasteiger partial charge in [-0.3, -0.25) is 9.69 Å². The summed E-state index contributed by atoms with van der Waals surface area (Å²) in [6.07, 6.45) is 2.01. The second-order valence-corrected chi connectivity index (χ2v) is 4.15. The number of aliphatic hydroxyl groups is 1. The summed E-state index contributed by atoms with van der Waals surface area (Å²) in [7, 11) is 1.29. The van der Waals surface area contributed by atoms with Gasteiger partial charge in [0.25, 0.3) is 0 Å². The number of nitrogens with one attached hydrogen (secondary N) is 1. The summed E-state index contributed by atoms with van der Waals surface area (Å²) < 4.78 is 4.65. The van der Waals surface area contributed by atoms with E-state index in [2.05, 4.69) is 17.0 Å². The summed E-state index contributed by atoms with van der Waals surface area (Å²) in [6.45, 7) is 5.07. The first kappa shape index (κ1) is 16.9. The zero-order chi connectivity index (χ0) is 14.0. The second kappa shape index (κ2) is 9.85. The fraction of sp³-hybridized carbons (Fsp3) is 0.833. The SMILES string of the molecule is CCCCN(CCO)CC(NC(C)=O)C(=O)OC. The number of methoxy groups -OCH3 is 1. The van der Waals surface area contributed by atoms with Gasteiger partial charge in [-0.25, -0.2) is 4.79 Å².